The van der Waals surface area contributed by atoms with E-state index in [9.17, 15) is 9.59 Å². The summed E-state index contributed by atoms with van der Waals surface area (Å²) in [5.74, 6) is -0.128. The number of rotatable bonds is 9. The predicted octanol–water partition coefficient (Wildman–Crippen LogP) is 4.58. The van der Waals surface area contributed by atoms with Crippen molar-refractivity contribution in [2.75, 3.05) is 6.54 Å². The van der Waals surface area contributed by atoms with Crippen LogP contribution in [0.4, 0.5) is 4.79 Å². The predicted molar refractivity (Wildman–Crippen MR) is 139 cm³/mol. The van der Waals surface area contributed by atoms with Crippen LogP contribution in [0.25, 0.3) is 11.1 Å². The lowest BCUT2D eigenvalue weighted by atomic mass is 9.95. The number of aryl methyl sites for hydroxylation is 1. The molecule has 1 heterocycles. The summed E-state index contributed by atoms with van der Waals surface area (Å²) >= 11 is 0. The molecule has 0 unspecified atom stereocenters. The number of carbonyl (C=O) groups excluding carboxylic acids is 2. The summed E-state index contributed by atoms with van der Waals surface area (Å²) in [4.78, 5) is 25.3. The molecule has 182 valence electrons. The van der Waals surface area contributed by atoms with E-state index in [4.69, 9.17) is 4.74 Å². The van der Waals surface area contributed by atoms with Crippen LogP contribution in [-0.2, 0) is 31.4 Å². The number of nitrogens with one attached hydrogen (secondary N) is 2. The summed E-state index contributed by atoms with van der Waals surface area (Å²) < 4.78 is 7.31. The minimum Gasteiger partial charge on any atom is -0.445 e. The number of alkyl carbamates (subject to hydrolysis) is 1. The number of ether oxygens (including phenoxy) is 1. The fraction of sp³-hybridized carbons (Fsp3) is 0.167. The molecule has 0 fully saturated rings. The Morgan fingerprint density at radius 3 is 2.19 bits per heavy atom. The highest BCUT2D eigenvalue weighted by Crippen LogP contribution is 2.27. The average Bonchev–Trinajstić information content (AvgIpc) is 2.92. The van der Waals surface area contributed by atoms with Crippen molar-refractivity contribution in [3.8, 4) is 11.1 Å². The van der Waals surface area contributed by atoms with Gasteiger partial charge in [0.25, 0.3) is 5.91 Å². The number of carbonyl (C=O) groups is 2. The van der Waals surface area contributed by atoms with Crippen LogP contribution in [0, 0.1) is 0 Å². The van der Waals surface area contributed by atoms with Gasteiger partial charge in [-0.2, -0.15) is 0 Å². The molecule has 0 aliphatic rings. The van der Waals surface area contributed by atoms with Crippen molar-refractivity contribution in [2.45, 2.75) is 19.6 Å². The number of hydrogen-bond acceptors (Lipinski definition) is 3. The lowest BCUT2D eigenvalue weighted by Crippen LogP contribution is -2.28. The number of amides is 2. The third-order valence-corrected chi connectivity index (χ3v) is 5.86. The molecule has 0 aliphatic heterocycles. The molecule has 3 aromatic carbocycles. The lowest BCUT2D eigenvalue weighted by Gasteiger charge is -2.15. The molecule has 0 spiro atoms. The number of hydrogen-bond donors (Lipinski definition) is 2. The summed E-state index contributed by atoms with van der Waals surface area (Å²) in [6.07, 6.45) is 4.25. The van der Waals surface area contributed by atoms with Crippen LogP contribution in [0.5, 0.6) is 0 Å². The van der Waals surface area contributed by atoms with E-state index in [0.29, 0.717) is 12.1 Å². The van der Waals surface area contributed by atoms with Gasteiger partial charge in [-0.15, -0.1) is 0 Å². The first kappa shape index (κ1) is 24.7. The van der Waals surface area contributed by atoms with Gasteiger partial charge in [0.05, 0.1) is 0 Å². The van der Waals surface area contributed by atoms with Gasteiger partial charge in [-0.1, -0.05) is 72.8 Å². The van der Waals surface area contributed by atoms with E-state index in [1.165, 1.54) is 0 Å². The standard InChI is InChI=1S/C30H29N3O3/c1-33-19-16-23(17-20-33)15-18-31-29(34)28-14-8-7-13-27(28)26-12-6-5-11-25(26)21-32-30(35)36-22-24-9-3-2-4-10-24/h2-14,16-17,19-20H,15,18,21-22H2,1H3,(H-,31,32,34,35)/p+1. The second-order valence-electron chi connectivity index (χ2n) is 8.50. The Bertz CT molecular complexity index is 1300. The fourth-order valence-corrected chi connectivity index (χ4v) is 3.91. The highest BCUT2D eigenvalue weighted by molar-refractivity contribution is 6.01. The quantitative estimate of drug-likeness (QED) is 0.345. The van der Waals surface area contributed by atoms with E-state index in [1.54, 1.807) is 0 Å². The Morgan fingerprint density at radius 2 is 1.42 bits per heavy atom. The van der Waals surface area contributed by atoms with E-state index >= 15 is 0 Å². The molecule has 6 heteroatoms. The molecule has 0 aliphatic carbocycles. The van der Waals surface area contributed by atoms with Gasteiger partial charge in [0, 0.05) is 30.8 Å². The lowest BCUT2D eigenvalue weighted by molar-refractivity contribution is -0.671. The minimum atomic E-state index is -0.491. The Balaban J connectivity index is 1.40. The van der Waals surface area contributed by atoms with Gasteiger partial charge in [-0.25, -0.2) is 9.36 Å². The van der Waals surface area contributed by atoms with Crippen molar-refractivity contribution in [2.24, 2.45) is 7.05 Å². The zero-order valence-corrected chi connectivity index (χ0v) is 20.3. The Morgan fingerprint density at radius 1 is 0.750 bits per heavy atom. The maximum absolute atomic E-state index is 13.1. The van der Waals surface area contributed by atoms with Gasteiger partial charge in [0.15, 0.2) is 12.4 Å². The van der Waals surface area contributed by atoms with Crippen LogP contribution in [0.2, 0.25) is 0 Å². The van der Waals surface area contributed by atoms with Crippen molar-refractivity contribution in [1.29, 1.82) is 0 Å². The molecule has 2 N–H and O–H groups in total. The van der Waals surface area contributed by atoms with Crippen LogP contribution in [0.1, 0.15) is 27.0 Å². The van der Waals surface area contributed by atoms with E-state index in [0.717, 1.165) is 34.2 Å². The Hall–Kier alpha value is -4.45. The molecule has 0 radical (unpaired) electrons. The fourth-order valence-electron chi connectivity index (χ4n) is 3.91. The zero-order valence-electron chi connectivity index (χ0n) is 20.3. The monoisotopic (exact) mass is 480 g/mol. The van der Waals surface area contributed by atoms with Crippen LogP contribution in [-0.4, -0.2) is 18.5 Å². The van der Waals surface area contributed by atoms with E-state index in [2.05, 4.69) is 10.6 Å². The molecule has 0 bridgehead atoms. The van der Waals surface area contributed by atoms with Crippen molar-refractivity contribution in [3.05, 3.63) is 126 Å². The van der Waals surface area contributed by atoms with Crippen LogP contribution >= 0.6 is 0 Å². The SMILES string of the molecule is C[n+]1ccc(CCNC(=O)c2ccccc2-c2ccccc2CNC(=O)OCc2ccccc2)cc1. The molecule has 36 heavy (non-hydrogen) atoms. The Kier molecular flexibility index (Phi) is 8.44. The average molecular weight is 481 g/mol. The summed E-state index contributed by atoms with van der Waals surface area (Å²) in [5, 5.41) is 5.86. The van der Waals surface area contributed by atoms with Gasteiger partial charge in [-0.05, 0) is 40.3 Å². The molecule has 4 rings (SSSR count). The third-order valence-electron chi connectivity index (χ3n) is 5.86. The second-order valence-corrected chi connectivity index (χ2v) is 8.50. The normalized spacial score (nSPS) is 10.5. The topological polar surface area (TPSA) is 71.3 Å². The van der Waals surface area contributed by atoms with Gasteiger partial charge in [0.2, 0.25) is 0 Å². The van der Waals surface area contributed by atoms with Crippen LogP contribution < -0.4 is 15.2 Å². The first-order valence-corrected chi connectivity index (χ1v) is 11.9. The van der Waals surface area contributed by atoms with E-state index in [-0.39, 0.29) is 19.1 Å². The van der Waals surface area contributed by atoms with Crippen molar-refractivity contribution in [1.82, 2.24) is 10.6 Å². The van der Waals surface area contributed by atoms with Crippen LogP contribution in [0.15, 0.2) is 103 Å². The van der Waals surface area contributed by atoms with E-state index in [1.807, 2.05) is 115 Å². The molecule has 2 amide bonds. The Labute approximate surface area is 211 Å². The van der Waals surface area contributed by atoms with Gasteiger partial charge in [0.1, 0.15) is 13.7 Å². The molecule has 0 atom stereocenters. The van der Waals surface area contributed by atoms with Gasteiger partial charge in [-0.3, -0.25) is 4.79 Å². The van der Waals surface area contributed by atoms with E-state index < -0.39 is 6.09 Å². The molecule has 0 saturated carbocycles. The zero-order chi connectivity index (χ0) is 25.2. The summed E-state index contributed by atoms with van der Waals surface area (Å²) in [6.45, 7) is 1.03. The third kappa shape index (κ3) is 6.79. The molecule has 1 aromatic heterocycles. The van der Waals surface area contributed by atoms with Crippen molar-refractivity contribution < 1.29 is 18.9 Å². The second kappa shape index (κ2) is 12.3. The summed E-state index contributed by atoms with van der Waals surface area (Å²) in [5.41, 5.74) is 5.29. The highest BCUT2D eigenvalue weighted by atomic mass is 16.5. The number of benzene rings is 3. The number of aromatic nitrogens is 1. The largest absolute Gasteiger partial charge is 0.445 e. The van der Waals surface area contributed by atoms with Crippen molar-refractivity contribution >= 4 is 12.0 Å². The molecule has 4 aromatic rings. The number of pyridine rings is 1. The minimum absolute atomic E-state index is 0.128. The molecular weight excluding hydrogens is 450 g/mol. The molecule has 0 saturated heterocycles. The summed E-state index contributed by atoms with van der Waals surface area (Å²) in [6, 6.07) is 28.9. The maximum atomic E-state index is 13.1. The maximum Gasteiger partial charge on any atom is 0.407 e. The first-order valence-electron chi connectivity index (χ1n) is 11.9. The van der Waals surface area contributed by atoms with Gasteiger partial charge < -0.3 is 15.4 Å². The molecular formula is C30H30N3O3+. The molecule has 6 nitrogen and oxygen atoms in total. The smallest absolute Gasteiger partial charge is 0.407 e. The van der Waals surface area contributed by atoms with Gasteiger partial charge >= 0.3 is 6.09 Å². The first-order chi connectivity index (χ1) is 17.6. The number of nitrogens with zero attached hydrogens (tertiary/aromatic N) is 1. The van der Waals surface area contributed by atoms with Crippen molar-refractivity contribution in [3.63, 3.8) is 0 Å². The highest BCUT2D eigenvalue weighted by Gasteiger charge is 2.15. The van der Waals surface area contributed by atoms with Crippen LogP contribution in [0.3, 0.4) is 0 Å². The summed E-state index contributed by atoms with van der Waals surface area (Å²) in [7, 11) is 1.98.